The lowest BCUT2D eigenvalue weighted by Gasteiger charge is -2.08. The summed E-state index contributed by atoms with van der Waals surface area (Å²) in [6, 6.07) is 12.6. The van der Waals surface area contributed by atoms with Gasteiger partial charge in [-0.2, -0.15) is 4.99 Å². The number of benzene rings is 2. The van der Waals surface area contributed by atoms with Gasteiger partial charge in [-0.25, -0.2) is 8.42 Å². The number of sulfone groups is 1. The fraction of sp³-hybridized carbons (Fsp3) is 0.273. The second-order valence-electron chi connectivity index (χ2n) is 6.79. The van der Waals surface area contributed by atoms with Crippen molar-refractivity contribution >= 4 is 37.3 Å². The average Bonchev–Trinajstić information content (AvgIpc) is 3.08. The minimum absolute atomic E-state index is 0.0972. The second-order valence-corrected chi connectivity index (χ2v) is 9.99. The van der Waals surface area contributed by atoms with E-state index in [9.17, 15) is 13.2 Å². The van der Waals surface area contributed by atoms with Gasteiger partial charge in [-0.15, -0.1) is 6.58 Å². The average molecular weight is 461 g/mol. The van der Waals surface area contributed by atoms with Gasteiger partial charge in [0.15, 0.2) is 26.1 Å². The van der Waals surface area contributed by atoms with E-state index >= 15 is 0 Å². The number of methoxy groups -OCH3 is 2. The number of rotatable bonds is 9. The molecule has 0 bridgehead atoms. The van der Waals surface area contributed by atoms with Crippen molar-refractivity contribution in [3.63, 3.8) is 0 Å². The lowest BCUT2D eigenvalue weighted by Crippen LogP contribution is -2.18. The van der Waals surface area contributed by atoms with Crippen LogP contribution in [0.4, 0.5) is 0 Å². The molecule has 3 aromatic rings. The van der Waals surface area contributed by atoms with E-state index in [2.05, 4.69) is 11.6 Å². The summed E-state index contributed by atoms with van der Waals surface area (Å²) < 4.78 is 38.2. The van der Waals surface area contributed by atoms with E-state index in [1.165, 1.54) is 11.3 Å². The number of ether oxygens (including phenoxy) is 2. The standard InChI is InChI=1S/C22H24N2O5S2/c1-4-11-24-17-13-18(28-2)19(29-3)14-20(17)30-22(24)23-21(25)10-12-31(26,27)15-16-8-6-5-7-9-16/h4-9,13-14H,1,10-12,15H2,2-3H3. The monoisotopic (exact) mass is 460 g/mol. The first-order chi connectivity index (χ1) is 14.9. The van der Waals surface area contributed by atoms with E-state index in [1.807, 2.05) is 22.8 Å². The third-order valence-corrected chi connectivity index (χ3v) is 7.22. The number of fused-ring (bicyclic) bond motifs is 1. The number of amides is 1. The van der Waals surface area contributed by atoms with Crippen LogP contribution in [0.1, 0.15) is 12.0 Å². The van der Waals surface area contributed by atoms with Crippen LogP contribution in [-0.4, -0.2) is 38.9 Å². The maximum absolute atomic E-state index is 12.5. The van der Waals surface area contributed by atoms with Gasteiger partial charge in [-0.1, -0.05) is 47.7 Å². The lowest BCUT2D eigenvalue weighted by atomic mass is 10.2. The van der Waals surface area contributed by atoms with Gasteiger partial charge in [0.2, 0.25) is 5.91 Å². The predicted molar refractivity (Wildman–Crippen MR) is 122 cm³/mol. The number of aromatic nitrogens is 1. The second kappa shape index (κ2) is 9.93. The Morgan fingerprint density at radius 2 is 1.84 bits per heavy atom. The van der Waals surface area contributed by atoms with Crippen molar-refractivity contribution in [2.24, 2.45) is 4.99 Å². The number of hydrogen-bond donors (Lipinski definition) is 0. The maximum atomic E-state index is 12.5. The quantitative estimate of drug-likeness (QED) is 0.457. The normalized spacial score (nSPS) is 12.1. The molecule has 1 aromatic heterocycles. The van der Waals surface area contributed by atoms with E-state index in [4.69, 9.17) is 9.47 Å². The first-order valence-corrected chi connectivity index (χ1v) is 12.2. The summed E-state index contributed by atoms with van der Waals surface area (Å²) in [5, 5.41) is 0. The summed E-state index contributed by atoms with van der Waals surface area (Å²) in [5.41, 5.74) is 1.52. The van der Waals surface area contributed by atoms with Crippen LogP contribution in [0, 0.1) is 0 Å². The molecule has 0 aliphatic carbocycles. The van der Waals surface area contributed by atoms with Crippen LogP contribution in [0.5, 0.6) is 11.5 Å². The van der Waals surface area contributed by atoms with E-state index in [-0.39, 0.29) is 17.9 Å². The van der Waals surface area contributed by atoms with Gasteiger partial charge in [-0.05, 0) is 5.56 Å². The van der Waals surface area contributed by atoms with Crippen LogP contribution in [-0.2, 0) is 26.9 Å². The molecule has 164 valence electrons. The van der Waals surface area contributed by atoms with Crippen molar-refractivity contribution in [3.8, 4) is 11.5 Å². The Balaban J connectivity index is 1.86. The van der Waals surface area contributed by atoms with Crippen LogP contribution in [0.25, 0.3) is 10.2 Å². The van der Waals surface area contributed by atoms with E-state index in [0.717, 1.165) is 10.2 Å². The summed E-state index contributed by atoms with van der Waals surface area (Å²) in [5.74, 6) is 0.306. The van der Waals surface area contributed by atoms with Crippen molar-refractivity contribution in [3.05, 3.63) is 65.5 Å². The molecule has 1 amide bonds. The predicted octanol–water partition coefficient (Wildman–Crippen LogP) is 3.34. The molecule has 1 heterocycles. The molecule has 0 N–H and O–H groups in total. The van der Waals surface area contributed by atoms with Crippen LogP contribution in [0.3, 0.4) is 0 Å². The number of carbonyl (C=O) groups excluding carboxylic acids is 1. The SMILES string of the molecule is C=CCn1c(=NC(=O)CCS(=O)(=O)Cc2ccccc2)sc2cc(OC)c(OC)cc21. The topological polar surface area (TPSA) is 87.0 Å². The number of thiazole rings is 1. The summed E-state index contributed by atoms with van der Waals surface area (Å²) in [7, 11) is -0.309. The van der Waals surface area contributed by atoms with Gasteiger partial charge in [0.05, 0.1) is 35.9 Å². The van der Waals surface area contributed by atoms with Crippen LogP contribution < -0.4 is 14.3 Å². The Kier molecular flexibility index (Phi) is 7.29. The highest BCUT2D eigenvalue weighted by molar-refractivity contribution is 7.90. The molecule has 0 aliphatic heterocycles. The summed E-state index contributed by atoms with van der Waals surface area (Å²) in [6.07, 6.45) is 1.53. The highest BCUT2D eigenvalue weighted by Gasteiger charge is 2.16. The molecule has 0 radical (unpaired) electrons. The molecule has 7 nitrogen and oxygen atoms in total. The van der Waals surface area contributed by atoms with Gasteiger partial charge < -0.3 is 14.0 Å². The minimum Gasteiger partial charge on any atom is -0.493 e. The largest absolute Gasteiger partial charge is 0.493 e. The Hall–Kier alpha value is -2.91. The Labute approximate surface area is 185 Å². The first-order valence-electron chi connectivity index (χ1n) is 9.55. The first kappa shape index (κ1) is 22.8. The zero-order valence-electron chi connectivity index (χ0n) is 17.4. The number of hydrogen-bond acceptors (Lipinski definition) is 6. The molecule has 2 aromatic carbocycles. The third kappa shape index (κ3) is 5.62. The van der Waals surface area contributed by atoms with Crippen LogP contribution >= 0.6 is 11.3 Å². The fourth-order valence-corrected chi connectivity index (χ4v) is 5.49. The highest BCUT2D eigenvalue weighted by atomic mass is 32.2. The molecule has 0 fully saturated rings. The van der Waals surface area contributed by atoms with Gasteiger partial charge in [-0.3, -0.25) is 4.79 Å². The molecule has 0 saturated carbocycles. The molecule has 3 rings (SSSR count). The molecule has 9 heteroatoms. The molecular weight excluding hydrogens is 436 g/mol. The van der Waals surface area contributed by atoms with Crippen molar-refractivity contribution < 1.29 is 22.7 Å². The van der Waals surface area contributed by atoms with Crippen molar-refractivity contribution in [1.29, 1.82) is 0 Å². The molecule has 0 spiro atoms. The zero-order chi connectivity index (χ0) is 22.4. The zero-order valence-corrected chi connectivity index (χ0v) is 19.0. The number of carbonyl (C=O) groups is 1. The van der Waals surface area contributed by atoms with E-state index in [1.54, 1.807) is 44.6 Å². The summed E-state index contributed by atoms with van der Waals surface area (Å²) in [6.45, 7) is 4.21. The van der Waals surface area contributed by atoms with Crippen molar-refractivity contribution in [1.82, 2.24) is 4.57 Å². The van der Waals surface area contributed by atoms with Gasteiger partial charge in [0.1, 0.15) is 0 Å². The van der Waals surface area contributed by atoms with Crippen molar-refractivity contribution in [2.45, 2.75) is 18.7 Å². The highest BCUT2D eigenvalue weighted by Crippen LogP contribution is 2.33. The molecule has 0 unspecified atom stereocenters. The van der Waals surface area contributed by atoms with Crippen molar-refractivity contribution in [2.75, 3.05) is 20.0 Å². The van der Waals surface area contributed by atoms with Gasteiger partial charge in [0.25, 0.3) is 0 Å². The number of nitrogens with zero attached hydrogens (tertiary/aromatic N) is 2. The number of allylic oxidation sites excluding steroid dienone is 1. The third-order valence-electron chi connectivity index (χ3n) is 4.58. The molecule has 31 heavy (non-hydrogen) atoms. The Morgan fingerprint density at radius 1 is 1.16 bits per heavy atom. The van der Waals surface area contributed by atoms with Gasteiger partial charge >= 0.3 is 0 Å². The molecule has 0 atom stereocenters. The van der Waals surface area contributed by atoms with Crippen LogP contribution in [0.15, 0.2) is 60.1 Å². The fourth-order valence-electron chi connectivity index (χ4n) is 3.09. The smallest absolute Gasteiger partial charge is 0.249 e. The maximum Gasteiger partial charge on any atom is 0.249 e. The van der Waals surface area contributed by atoms with E-state index in [0.29, 0.717) is 28.4 Å². The Morgan fingerprint density at radius 3 is 2.48 bits per heavy atom. The minimum atomic E-state index is -3.42. The molecule has 0 aliphatic rings. The van der Waals surface area contributed by atoms with Crippen LogP contribution in [0.2, 0.25) is 0 Å². The molecular formula is C22H24N2O5S2. The van der Waals surface area contributed by atoms with E-state index < -0.39 is 15.7 Å². The molecule has 0 saturated heterocycles. The van der Waals surface area contributed by atoms with Gasteiger partial charge in [0, 0.05) is 25.1 Å². The Bertz CT molecular complexity index is 1260. The summed E-state index contributed by atoms with van der Waals surface area (Å²) in [4.78, 5) is 17.1. The summed E-state index contributed by atoms with van der Waals surface area (Å²) >= 11 is 1.32. The lowest BCUT2D eigenvalue weighted by molar-refractivity contribution is -0.117.